The fraction of sp³-hybridized carbons (Fsp3) is 0.500. The van der Waals surface area contributed by atoms with Crippen LogP contribution in [0.25, 0.3) is 0 Å². The van der Waals surface area contributed by atoms with Gasteiger partial charge in [-0.15, -0.1) is 0 Å². The van der Waals surface area contributed by atoms with Crippen molar-refractivity contribution in [1.82, 2.24) is 4.31 Å². The topological polar surface area (TPSA) is 57.6 Å². The third-order valence-electron chi connectivity index (χ3n) is 2.62. The van der Waals surface area contributed by atoms with E-state index in [0.717, 1.165) is 6.07 Å². The molecule has 1 aromatic carbocycles. The average molecular weight is 275 g/mol. The Hall–Kier alpha value is -0.980. The van der Waals surface area contributed by atoms with Gasteiger partial charge in [0.25, 0.3) is 0 Å². The minimum Gasteiger partial charge on any atom is -0.396 e. The van der Waals surface area contributed by atoms with Crippen LogP contribution < -0.4 is 0 Å². The number of hydrogen-bond donors (Lipinski definition) is 1. The highest BCUT2D eigenvalue weighted by Gasteiger charge is 2.25. The number of halogens is 1. The fourth-order valence-electron chi connectivity index (χ4n) is 1.64. The standard InChI is InChI=1S/C12H18FNO3S/c1-3-14(7-4-8-15)18(16,17)12-9-10(2)5-6-11(12)13/h5-6,9,15H,3-4,7-8H2,1-2H3. The van der Waals surface area contributed by atoms with E-state index in [1.165, 1.54) is 16.4 Å². The van der Waals surface area contributed by atoms with Gasteiger partial charge < -0.3 is 5.11 Å². The summed E-state index contributed by atoms with van der Waals surface area (Å²) in [5.74, 6) is -0.747. The number of rotatable bonds is 6. The minimum absolute atomic E-state index is 0.0949. The van der Waals surface area contributed by atoms with Crippen molar-refractivity contribution in [2.45, 2.75) is 25.2 Å². The molecule has 0 aliphatic heterocycles. The van der Waals surface area contributed by atoms with Gasteiger partial charge in [0.15, 0.2) is 0 Å². The molecule has 0 aliphatic rings. The van der Waals surface area contributed by atoms with E-state index < -0.39 is 15.8 Å². The van der Waals surface area contributed by atoms with Crippen molar-refractivity contribution in [1.29, 1.82) is 0 Å². The van der Waals surface area contributed by atoms with E-state index in [1.807, 2.05) is 0 Å². The Morgan fingerprint density at radius 1 is 1.39 bits per heavy atom. The van der Waals surface area contributed by atoms with Crippen LogP contribution in [0, 0.1) is 12.7 Å². The van der Waals surface area contributed by atoms with Crippen LogP contribution in [-0.4, -0.2) is 37.5 Å². The van der Waals surface area contributed by atoms with Crippen LogP contribution >= 0.6 is 0 Å². The number of aryl methyl sites for hydroxylation is 1. The maximum Gasteiger partial charge on any atom is 0.245 e. The van der Waals surface area contributed by atoms with Crippen molar-refractivity contribution >= 4 is 10.0 Å². The molecule has 102 valence electrons. The maximum atomic E-state index is 13.6. The first-order chi connectivity index (χ1) is 8.43. The van der Waals surface area contributed by atoms with Crippen LogP contribution in [0.15, 0.2) is 23.1 Å². The molecule has 18 heavy (non-hydrogen) atoms. The van der Waals surface area contributed by atoms with E-state index in [0.29, 0.717) is 12.0 Å². The van der Waals surface area contributed by atoms with Crippen LogP contribution in [0.1, 0.15) is 18.9 Å². The molecule has 0 atom stereocenters. The summed E-state index contributed by atoms with van der Waals surface area (Å²) in [4.78, 5) is -0.303. The first kappa shape index (κ1) is 15.1. The highest BCUT2D eigenvalue weighted by Crippen LogP contribution is 2.20. The molecule has 0 aromatic heterocycles. The molecule has 0 amide bonds. The van der Waals surface area contributed by atoms with Gasteiger partial charge in [-0.2, -0.15) is 4.31 Å². The minimum atomic E-state index is -3.83. The maximum absolute atomic E-state index is 13.6. The molecule has 0 heterocycles. The second kappa shape index (κ2) is 6.26. The third kappa shape index (κ3) is 3.28. The lowest BCUT2D eigenvalue weighted by atomic mass is 10.2. The van der Waals surface area contributed by atoms with Crippen LogP contribution in [0.4, 0.5) is 4.39 Å². The highest BCUT2D eigenvalue weighted by molar-refractivity contribution is 7.89. The predicted octanol–water partition coefficient (Wildman–Crippen LogP) is 1.53. The summed E-state index contributed by atoms with van der Waals surface area (Å²) in [7, 11) is -3.83. The van der Waals surface area contributed by atoms with E-state index in [4.69, 9.17) is 5.11 Å². The van der Waals surface area contributed by atoms with Gasteiger partial charge in [-0.3, -0.25) is 0 Å². The summed E-state index contributed by atoms with van der Waals surface area (Å²) >= 11 is 0. The first-order valence-electron chi connectivity index (χ1n) is 5.80. The molecule has 1 aromatic rings. The summed E-state index contributed by atoms with van der Waals surface area (Å²) < 4.78 is 39.3. The van der Waals surface area contributed by atoms with Gasteiger partial charge in [0.1, 0.15) is 10.7 Å². The lowest BCUT2D eigenvalue weighted by Crippen LogP contribution is -2.32. The molecule has 0 spiro atoms. The van der Waals surface area contributed by atoms with Crippen LogP contribution in [0.5, 0.6) is 0 Å². The Balaban J connectivity index is 3.14. The Morgan fingerprint density at radius 3 is 2.61 bits per heavy atom. The molecule has 1 N–H and O–H groups in total. The molecule has 1 rings (SSSR count). The molecule has 0 aliphatic carbocycles. The SMILES string of the molecule is CCN(CCCO)S(=O)(=O)c1cc(C)ccc1F. The molecular formula is C12H18FNO3S. The Morgan fingerprint density at radius 2 is 2.06 bits per heavy atom. The van der Waals surface area contributed by atoms with Crippen molar-refractivity contribution < 1.29 is 17.9 Å². The second-order valence-electron chi connectivity index (χ2n) is 4.01. The van der Waals surface area contributed by atoms with Gasteiger partial charge in [0.2, 0.25) is 10.0 Å². The van der Waals surface area contributed by atoms with Crippen molar-refractivity contribution in [2.24, 2.45) is 0 Å². The van der Waals surface area contributed by atoms with Crippen molar-refractivity contribution in [3.63, 3.8) is 0 Å². The zero-order valence-electron chi connectivity index (χ0n) is 10.6. The number of sulfonamides is 1. The van der Waals surface area contributed by atoms with Crippen LogP contribution in [-0.2, 0) is 10.0 Å². The first-order valence-corrected chi connectivity index (χ1v) is 7.24. The molecule has 6 heteroatoms. The van der Waals surface area contributed by atoms with Crippen LogP contribution in [0.2, 0.25) is 0 Å². The van der Waals surface area contributed by atoms with E-state index >= 15 is 0 Å². The summed E-state index contributed by atoms with van der Waals surface area (Å²) in [5, 5.41) is 8.75. The molecule has 0 radical (unpaired) electrons. The smallest absolute Gasteiger partial charge is 0.245 e. The molecule has 0 saturated carbocycles. The van der Waals surface area contributed by atoms with Crippen molar-refractivity contribution in [3.8, 4) is 0 Å². The molecule has 0 unspecified atom stereocenters. The largest absolute Gasteiger partial charge is 0.396 e. The van der Waals surface area contributed by atoms with E-state index in [1.54, 1.807) is 13.8 Å². The van der Waals surface area contributed by atoms with Crippen molar-refractivity contribution in [3.05, 3.63) is 29.6 Å². The van der Waals surface area contributed by atoms with E-state index in [2.05, 4.69) is 0 Å². The second-order valence-corrected chi connectivity index (χ2v) is 5.91. The normalized spacial score (nSPS) is 12.1. The molecule has 4 nitrogen and oxygen atoms in total. The Bertz CT molecular complexity index is 502. The van der Waals surface area contributed by atoms with Gasteiger partial charge in [-0.05, 0) is 31.0 Å². The zero-order valence-corrected chi connectivity index (χ0v) is 11.4. The molecule has 0 bridgehead atoms. The third-order valence-corrected chi connectivity index (χ3v) is 4.61. The fourth-order valence-corrected chi connectivity index (χ4v) is 3.28. The highest BCUT2D eigenvalue weighted by atomic mass is 32.2. The van der Waals surface area contributed by atoms with Gasteiger partial charge >= 0.3 is 0 Å². The quantitative estimate of drug-likeness (QED) is 0.856. The van der Waals surface area contributed by atoms with Gasteiger partial charge in [-0.25, -0.2) is 12.8 Å². The summed E-state index contributed by atoms with van der Waals surface area (Å²) in [6.07, 6.45) is 0.334. The molecule has 0 saturated heterocycles. The van der Waals surface area contributed by atoms with Crippen molar-refractivity contribution in [2.75, 3.05) is 19.7 Å². The average Bonchev–Trinajstić information content (AvgIpc) is 2.33. The van der Waals surface area contributed by atoms with Gasteiger partial charge in [-0.1, -0.05) is 13.0 Å². The Labute approximate surface area is 107 Å². The monoisotopic (exact) mass is 275 g/mol. The summed E-state index contributed by atoms with van der Waals surface area (Å²) in [5.41, 5.74) is 0.688. The number of nitrogens with zero attached hydrogens (tertiary/aromatic N) is 1. The number of benzene rings is 1. The summed E-state index contributed by atoms with van der Waals surface area (Å²) in [6, 6.07) is 4.01. The number of hydrogen-bond acceptors (Lipinski definition) is 3. The lowest BCUT2D eigenvalue weighted by Gasteiger charge is -2.20. The molecule has 0 fully saturated rings. The summed E-state index contributed by atoms with van der Waals surface area (Å²) in [6.45, 7) is 3.73. The van der Waals surface area contributed by atoms with Gasteiger partial charge in [0.05, 0.1) is 0 Å². The number of aliphatic hydroxyl groups excluding tert-OH is 1. The zero-order chi connectivity index (χ0) is 13.8. The number of aliphatic hydroxyl groups is 1. The van der Waals surface area contributed by atoms with Gasteiger partial charge in [0, 0.05) is 19.7 Å². The van der Waals surface area contributed by atoms with E-state index in [-0.39, 0.29) is 24.6 Å². The Kier molecular flexibility index (Phi) is 5.25. The molecular weight excluding hydrogens is 257 g/mol. The van der Waals surface area contributed by atoms with E-state index in [9.17, 15) is 12.8 Å². The predicted molar refractivity (Wildman–Crippen MR) is 67.3 cm³/mol. The lowest BCUT2D eigenvalue weighted by molar-refractivity contribution is 0.271. The van der Waals surface area contributed by atoms with Crippen LogP contribution in [0.3, 0.4) is 0 Å².